The molecule has 37 heavy (non-hydrogen) atoms. The summed E-state index contributed by atoms with van der Waals surface area (Å²) in [5, 5.41) is 8.72. The minimum atomic E-state index is -0.678. The van der Waals surface area contributed by atoms with Gasteiger partial charge in [-0.15, -0.1) is 0 Å². The van der Waals surface area contributed by atoms with E-state index in [1.54, 1.807) is 25.1 Å². The fourth-order valence-corrected chi connectivity index (χ4v) is 4.96. The quantitative estimate of drug-likeness (QED) is 0.344. The highest BCUT2D eigenvalue weighted by Gasteiger charge is 2.33. The molecule has 194 valence electrons. The van der Waals surface area contributed by atoms with Gasteiger partial charge in [0, 0.05) is 23.2 Å². The van der Waals surface area contributed by atoms with Crippen LogP contribution in [-0.4, -0.2) is 51.5 Å². The number of imidazole rings is 1. The summed E-state index contributed by atoms with van der Waals surface area (Å²) in [5.41, 5.74) is 8.98. The number of anilines is 1. The van der Waals surface area contributed by atoms with Gasteiger partial charge in [-0.05, 0) is 75.8 Å². The van der Waals surface area contributed by atoms with Crippen molar-refractivity contribution in [2.45, 2.75) is 39.0 Å². The third kappa shape index (κ3) is 5.20. The van der Waals surface area contributed by atoms with Crippen LogP contribution in [0.25, 0.3) is 0 Å². The first-order valence-electron chi connectivity index (χ1n) is 12.3. The van der Waals surface area contributed by atoms with Crippen molar-refractivity contribution in [3.63, 3.8) is 0 Å². The normalized spacial score (nSPS) is 17.0. The number of carbonyl (C=O) groups is 1. The number of nitrogen functional groups attached to an aromatic ring is 1. The number of nitrogens with two attached hydrogens (primary N) is 1. The number of H-pyrrole nitrogens is 1. The van der Waals surface area contributed by atoms with E-state index in [1.165, 1.54) is 12.1 Å². The first-order chi connectivity index (χ1) is 17.7. The van der Waals surface area contributed by atoms with Crippen molar-refractivity contribution in [1.82, 2.24) is 19.8 Å². The van der Waals surface area contributed by atoms with Crippen LogP contribution in [0.1, 0.15) is 54.2 Å². The SMILES string of the molecule is CC(Oc1ccc(N)c(C(=N)c2nc3c([nH]2)CN(C(=O)C2CCN(C)CC2)C3)c1)c1cc(F)cc(F)c1. The first kappa shape index (κ1) is 24.9. The van der Waals surface area contributed by atoms with E-state index in [1.807, 2.05) is 4.90 Å². The fraction of sp³-hybridized carbons (Fsp3) is 0.370. The van der Waals surface area contributed by atoms with Crippen molar-refractivity contribution in [3.05, 3.63) is 76.4 Å². The summed E-state index contributed by atoms with van der Waals surface area (Å²) in [6.45, 7) is 4.41. The molecule has 8 nitrogen and oxygen atoms in total. The topological polar surface area (TPSA) is 111 Å². The predicted octanol–water partition coefficient (Wildman–Crippen LogP) is 4.01. The van der Waals surface area contributed by atoms with Gasteiger partial charge in [0.2, 0.25) is 5.91 Å². The number of nitrogens with zero attached hydrogens (tertiary/aromatic N) is 3. The maximum absolute atomic E-state index is 13.6. The molecule has 2 aliphatic rings. The molecule has 0 radical (unpaired) electrons. The number of rotatable bonds is 6. The Kier molecular flexibility index (Phi) is 6.68. The van der Waals surface area contributed by atoms with E-state index in [4.69, 9.17) is 15.9 Å². The molecule has 10 heteroatoms. The summed E-state index contributed by atoms with van der Waals surface area (Å²) in [5.74, 6) is -0.379. The van der Waals surface area contributed by atoms with Crippen LogP contribution in [0, 0.1) is 23.0 Å². The minimum absolute atomic E-state index is 0.0479. The average molecular weight is 509 g/mol. The van der Waals surface area contributed by atoms with E-state index in [0.717, 1.165) is 43.4 Å². The first-order valence-corrected chi connectivity index (χ1v) is 12.3. The second kappa shape index (κ2) is 9.93. The molecule has 5 rings (SSSR count). The number of hydrogen-bond acceptors (Lipinski definition) is 6. The van der Waals surface area contributed by atoms with Gasteiger partial charge in [0.1, 0.15) is 29.2 Å². The van der Waals surface area contributed by atoms with Crippen LogP contribution in [0.5, 0.6) is 5.75 Å². The van der Waals surface area contributed by atoms with E-state index >= 15 is 0 Å². The zero-order valence-corrected chi connectivity index (χ0v) is 20.9. The molecule has 4 N–H and O–H groups in total. The van der Waals surface area contributed by atoms with Crippen LogP contribution < -0.4 is 10.5 Å². The summed E-state index contributed by atoms with van der Waals surface area (Å²) in [6, 6.07) is 8.14. The van der Waals surface area contributed by atoms with Gasteiger partial charge in [0.15, 0.2) is 5.82 Å². The minimum Gasteiger partial charge on any atom is -0.486 e. The van der Waals surface area contributed by atoms with Crippen LogP contribution in [0.3, 0.4) is 0 Å². The molecule has 3 aromatic rings. The average Bonchev–Trinajstić information content (AvgIpc) is 3.44. The predicted molar refractivity (Wildman–Crippen MR) is 135 cm³/mol. The van der Waals surface area contributed by atoms with Crippen molar-refractivity contribution in [1.29, 1.82) is 5.41 Å². The van der Waals surface area contributed by atoms with Crippen LogP contribution >= 0.6 is 0 Å². The maximum atomic E-state index is 13.6. The van der Waals surface area contributed by atoms with Gasteiger partial charge >= 0.3 is 0 Å². The molecular formula is C27H30F2N6O2. The molecule has 1 unspecified atom stereocenters. The molecule has 1 atom stereocenters. The van der Waals surface area contributed by atoms with Gasteiger partial charge in [0.25, 0.3) is 0 Å². The van der Waals surface area contributed by atoms with Crippen molar-refractivity contribution < 1.29 is 18.3 Å². The van der Waals surface area contributed by atoms with Crippen LogP contribution in [0.15, 0.2) is 36.4 Å². The Hall–Kier alpha value is -3.79. The third-order valence-electron chi connectivity index (χ3n) is 7.13. The smallest absolute Gasteiger partial charge is 0.226 e. The molecule has 1 aromatic heterocycles. The molecule has 1 fully saturated rings. The van der Waals surface area contributed by atoms with Crippen molar-refractivity contribution >= 4 is 17.3 Å². The molecule has 0 aliphatic carbocycles. The summed E-state index contributed by atoms with van der Waals surface area (Å²) in [7, 11) is 2.07. The van der Waals surface area contributed by atoms with Gasteiger partial charge < -0.3 is 25.3 Å². The lowest BCUT2D eigenvalue weighted by Gasteiger charge is -2.30. The zero-order valence-electron chi connectivity index (χ0n) is 20.9. The Morgan fingerprint density at radius 3 is 2.54 bits per heavy atom. The highest BCUT2D eigenvalue weighted by atomic mass is 19.1. The van der Waals surface area contributed by atoms with Gasteiger partial charge in [0.05, 0.1) is 24.5 Å². The van der Waals surface area contributed by atoms with Crippen LogP contribution in [0.4, 0.5) is 14.5 Å². The molecule has 0 saturated carbocycles. The Morgan fingerprint density at radius 2 is 1.86 bits per heavy atom. The van der Waals surface area contributed by atoms with Gasteiger partial charge in [-0.3, -0.25) is 10.2 Å². The van der Waals surface area contributed by atoms with Crippen molar-refractivity contribution in [3.8, 4) is 5.75 Å². The van der Waals surface area contributed by atoms with E-state index in [-0.39, 0.29) is 17.5 Å². The number of likely N-dealkylation sites (tertiary alicyclic amines) is 1. The number of fused-ring (bicyclic) bond motifs is 1. The standard InChI is InChI=1S/C27H30F2N6O2/c1-15(17-9-18(28)11-19(29)10-17)37-20-3-4-22(30)21(12-20)25(31)26-32-23-13-35(14-24(23)33-26)27(36)16-5-7-34(2)8-6-16/h3-4,9-12,15-16,31H,5-8,13-14,30H2,1-2H3,(H,32,33). The Bertz CT molecular complexity index is 1300. The third-order valence-corrected chi connectivity index (χ3v) is 7.13. The molecule has 3 heterocycles. The molecule has 2 aromatic carbocycles. The maximum Gasteiger partial charge on any atom is 0.226 e. The molecule has 2 aliphatic heterocycles. The van der Waals surface area contributed by atoms with Crippen LogP contribution in [-0.2, 0) is 17.9 Å². The summed E-state index contributed by atoms with van der Waals surface area (Å²) in [4.78, 5) is 24.8. The fourth-order valence-electron chi connectivity index (χ4n) is 4.96. The highest BCUT2D eigenvalue weighted by molar-refractivity contribution is 6.12. The number of nitrogens with one attached hydrogen (secondary N) is 2. The molecule has 0 bridgehead atoms. The number of halogens is 2. The van der Waals surface area contributed by atoms with Gasteiger partial charge in [-0.1, -0.05) is 0 Å². The summed E-state index contributed by atoms with van der Waals surface area (Å²) in [6.07, 6.45) is 1.11. The Labute approximate surface area is 213 Å². The number of benzene rings is 2. The Morgan fingerprint density at radius 1 is 1.16 bits per heavy atom. The van der Waals surface area contributed by atoms with E-state index in [9.17, 15) is 13.6 Å². The van der Waals surface area contributed by atoms with Crippen molar-refractivity contribution in [2.24, 2.45) is 5.92 Å². The number of carbonyl (C=O) groups excluding carboxylic acids is 1. The molecule has 0 spiro atoms. The van der Waals surface area contributed by atoms with Crippen LogP contribution in [0.2, 0.25) is 0 Å². The zero-order chi connectivity index (χ0) is 26.3. The summed E-state index contributed by atoms with van der Waals surface area (Å²) < 4.78 is 33.1. The molecule has 1 amide bonds. The second-order valence-electron chi connectivity index (χ2n) is 9.87. The van der Waals surface area contributed by atoms with Crippen molar-refractivity contribution in [2.75, 3.05) is 25.9 Å². The van der Waals surface area contributed by atoms with Gasteiger partial charge in [-0.2, -0.15) is 0 Å². The number of ether oxygens (including phenoxy) is 1. The largest absolute Gasteiger partial charge is 0.486 e. The molecular weight excluding hydrogens is 478 g/mol. The lowest BCUT2D eigenvalue weighted by atomic mass is 9.96. The number of amides is 1. The number of aromatic amines is 1. The number of hydrogen-bond donors (Lipinski definition) is 3. The lowest BCUT2D eigenvalue weighted by molar-refractivity contribution is -0.137. The van der Waals surface area contributed by atoms with E-state index < -0.39 is 17.7 Å². The second-order valence-corrected chi connectivity index (χ2v) is 9.87. The summed E-state index contributed by atoms with van der Waals surface area (Å²) >= 11 is 0. The number of aromatic nitrogens is 2. The highest BCUT2D eigenvalue weighted by Crippen LogP contribution is 2.29. The monoisotopic (exact) mass is 508 g/mol. The van der Waals surface area contributed by atoms with E-state index in [2.05, 4.69) is 21.9 Å². The van der Waals surface area contributed by atoms with Gasteiger partial charge in [-0.25, -0.2) is 13.8 Å². The molecule has 1 saturated heterocycles. The number of piperidine rings is 1. The van der Waals surface area contributed by atoms with E-state index in [0.29, 0.717) is 41.5 Å². The lowest BCUT2D eigenvalue weighted by Crippen LogP contribution is -2.39. The Balaban J connectivity index is 1.28.